The summed E-state index contributed by atoms with van der Waals surface area (Å²) in [7, 11) is 0. The molecule has 0 aromatic carbocycles. The number of aryl methyl sites for hydroxylation is 1. The Hall–Kier alpha value is -1.77. The van der Waals surface area contributed by atoms with Crippen molar-refractivity contribution in [2.45, 2.75) is 6.92 Å². The van der Waals surface area contributed by atoms with Gasteiger partial charge in [-0.3, -0.25) is 4.98 Å². The van der Waals surface area contributed by atoms with Crippen LogP contribution in [0.4, 0.5) is 4.39 Å². The molecule has 2 aromatic rings. The molecule has 70 valence electrons. The van der Waals surface area contributed by atoms with Crippen molar-refractivity contribution in [2.24, 2.45) is 0 Å². The van der Waals surface area contributed by atoms with Crippen LogP contribution >= 0.6 is 0 Å². The minimum Gasteiger partial charge on any atom is -0.261 e. The van der Waals surface area contributed by atoms with Crippen LogP contribution in [0.15, 0.2) is 36.5 Å². The summed E-state index contributed by atoms with van der Waals surface area (Å²) in [6.07, 6.45) is 1.71. The van der Waals surface area contributed by atoms with E-state index in [-0.39, 0.29) is 0 Å². The molecular formula is C11H9FN2. The van der Waals surface area contributed by atoms with Gasteiger partial charge in [0.25, 0.3) is 0 Å². The lowest BCUT2D eigenvalue weighted by Gasteiger charge is -2.02. The van der Waals surface area contributed by atoms with Gasteiger partial charge < -0.3 is 0 Å². The molecule has 0 aliphatic carbocycles. The molecule has 0 aliphatic heterocycles. The minimum atomic E-state index is -0.467. The summed E-state index contributed by atoms with van der Waals surface area (Å²) in [6, 6.07) is 8.44. The van der Waals surface area contributed by atoms with Crippen LogP contribution in [0.25, 0.3) is 11.3 Å². The second-order valence-electron chi connectivity index (χ2n) is 2.98. The van der Waals surface area contributed by atoms with E-state index in [0.717, 1.165) is 11.3 Å². The Kier molecular flexibility index (Phi) is 2.23. The van der Waals surface area contributed by atoms with Crippen molar-refractivity contribution in [3.63, 3.8) is 0 Å². The van der Waals surface area contributed by atoms with Crippen LogP contribution in [-0.2, 0) is 0 Å². The quantitative estimate of drug-likeness (QED) is 0.643. The SMILES string of the molecule is Cc1ncccc1-c1cccc(F)n1. The van der Waals surface area contributed by atoms with E-state index in [0.29, 0.717) is 5.69 Å². The van der Waals surface area contributed by atoms with Gasteiger partial charge in [-0.15, -0.1) is 0 Å². The van der Waals surface area contributed by atoms with E-state index < -0.39 is 5.95 Å². The van der Waals surface area contributed by atoms with Crippen LogP contribution in [0.5, 0.6) is 0 Å². The second-order valence-corrected chi connectivity index (χ2v) is 2.98. The van der Waals surface area contributed by atoms with Crippen LogP contribution in [-0.4, -0.2) is 9.97 Å². The van der Waals surface area contributed by atoms with Crippen molar-refractivity contribution in [2.75, 3.05) is 0 Å². The number of pyridine rings is 2. The maximum atomic E-state index is 12.9. The molecule has 0 bridgehead atoms. The Morgan fingerprint density at radius 2 is 2.00 bits per heavy atom. The summed E-state index contributed by atoms with van der Waals surface area (Å²) in [5.74, 6) is -0.467. The topological polar surface area (TPSA) is 25.8 Å². The Morgan fingerprint density at radius 1 is 1.14 bits per heavy atom. The lowest BCUT2D eigenvalue weighted by Crippen LogP contribution is -1.91. The Balaban J connectivity index is 2.55. The molecule has 14 heavy (non-hydrogen) atoms. The lowest BCUT2D eigenvalue weighted by molar-refractivity contribution is 0.585. The first kappa shape index (κ1) is 8.81. The van der Waals surface area contributed by atoms with E-state index in [2.05, 4.69) is 9.97 Å². The van der Waals surface area contributed by atoms with Gasteiger partial charge in [0.05, 0.1) is 5.69 Å². The molecule has 0 saturated heterocycles. The Morgan fingerprint density at radius 3 is 2.71 bits per heavy atom. The van der Waals surface area contributed by atoms with Crippen molar-refractivity contribution in [1.29, 1.82) is 0 Å². The Bertz CT molecular complexity index is 455. The molecule has 3 heteroatoms. The van der Waals surface area contributed by atoms with Crippen molar-refractivity contribution < 1.29 is 4.39 Å². The fourth-order valence-corrected chi connectivity index (χ4v) is 1.31. The summed E-state index contributed by atoms with van der Waals surface area (Å²) in [5, 5.41) is 0. The molecule has 0 amide bonds. The van der Waals surface area contributed by atoms with E-state index in [1.165, 1.54) is 6.07 Å². The molecule has 0 radical (unpaired) electrons. The highest BCUT2D eigenvalue weighted by atomic mass is 19.1. The largest absolute Gasteiger partial charge is 0.261 e. The van der Waals surface area contributed by atoms with E-state index in [1.807, 2.05) is 19.1 Å². The zero-order chi connectivity index (χ0) is 9.97. The zero-order valence-corrected chi connectivity index (χ0v) is 7.74. The molecule has 0 unspecified atom stereocenters. The third kappa shape index (κ3) is 1.62. The summed E-state index contributed by atoms with van der Waals surface area (Å²) >= 11 is 0. The number of nitrogens with zero attached hydrogens (tertiary/aromatic N) is 2. The molecule has 0 fully saturated rings. The standard InChI is InChI=1S/C11H9FN2/c1-8-9(4-3-7-13-8)10-5-2-6-11(12)14-10/h2-7H,1H3. The van der Waals surface area contributed by atoms with Crippen LogP contribution in [0.2, 0.25) is 0 Å². The van der Waals surface area contributed by atoms with Gasteiger partial charge in [0.15, 0.2) is 0 Å². The first-order chi connectivity index (χ1) is 6.77. The molecule has 2 nitrogen and oxygen atoms in total. The summed E-state index contributed by atoms with van der Waals surface area (Å²) in [4.78, 5) is 7.92. The van der Waals surface area contributed by atoms with Gasteiger partial charge in [-0.2, -0.15) is 4.39 Å². The van der Waals surface area contributed by atoms with Gasteiger partial charge in [0.2, 0.25) is 5.95 Å². The van der Waals surface area contributed by atoms with Crippen molar-refractivity contribution in [1.82, 2.24) is 9.97 Å². The second kappa shape index (κ2) is 3.54. The average molecular weight is 188 g/mol. The van der Waals surface area contributed by atoms with Crippen LogP contribution < -0.4 is 0 Å². The smallest absolute Gasteiger partial charge is 0.213 e. The van der Waals surface area contributed by atoms with E-state index in [4.69, 9.17) is 0 Å². The highest BCUT2D eigenvalue weighted by Gasteiger charge is 2.03. The van der Waals surface area contributed by atoms with Gasteiger partial charge >= 0.3 is 0 Å². The monoisotopic (exact) mass is 188 g/mol. The first-order valence-electron chi connectivity index (χ1n) is 4.32. The molecule has 0 aliphatic rings. The van der Waals surface area contributed by atoms with Crippen LogP contribution in [0.1, 0.15) is 5.69 Å². The third-order valence-corrected chi connectivity index (χ3v) is 2.00. The van der Waals surface area contributed by atoms with Gasteiger partial charge in [-0.25, -0.2) is 4.98 Å². The van der Waals surface area contributed by atoms with Crippen LogP contribution in [0.3, 0.4) is 0 Å². The molecule has 2 heterocycles. The lowest BCUT2D eigenvalue weighted by atomic mass is 10.1. The van der Waals surface area contributed by atoms with Gasteiger partial charge in [-0.1, -0.05) is 6.07 Å². The average Bonchev–Trinajstić information content (AvgIpc) is 2.18. The molecule has 0 atom stereocenters. The fraction of sp³-hybridized carbons (Fsp3) is 0.0909. The number of hydrogen-bond acceptors (Lipinski definition) is 2. The molecular weight excluding hydrogens is 179 g/mol. The molecule has 0 spiro atoms. The van der Waals surface area contributed by atoms with Crippen molar-refractivity contribution in [3.05, 3.63) is 48.2 Å². The number of aromatic nitrogens is 2. The molecule has 0 saturated carbocycles. The van der Waals surface area contributed by atoms with E-state index in [9.17, 15) is 4.39 Å². The maximum absolute atomic E-state index is 12.9. The Labute approximate surface area is 81.5 Å². The van der Waals surface area contributed by atoms with E-state index >= 15 is 0 Å². The maximum Gasteiger partial charge on any atom is 0.213 e. The number of halogens is 1. The summed E-state index contributed by atoms with van der Waals surface area (Å²) in [5.41, 5.74) is 2.34. The summed E-state index contributed by atoms with van der Waals surface area (Å²) in [6.45, 7) is 1.88. The predicted octanol–water partition coefficient (Wildman–Crippen LogP) is 2.59. The highest BCUT2D eigenvalue weighted by Crippen LogP contribution is 2.18. The van der Waals surface area contributed by atoms with Crippen molar-refractivity contribution >= 4 is 0 Å². The minimum absolute atomic E-state index is 0.467. The summed E-state index contributed by atoms with van der Waals surface area (Å²) < 4.78 is 12.9. The van der Waals surface area contributed by atoms with Gasteiger partial charge in [-0.05, 0) is 31.2 Å². The number of hydrogen-bond donors (Lipinski definition) is 0. The van der Waals surface area contributed by atoms with E-state index in [1.54, 1.807) is 18.3 Å². The highest BCUT2D eigenvalue weighted by molar-refractivity contribution is 5.60. The normalized spacial score (nSPS) is 10.1. The zero-order valence-electron chi connectivity index (χ0n) is 7.74. The number of rotatable bonds is 1. The molecule has 2 rings (SSSR count). The van der Waals surface area contributed by atoms with Gasteiger partial charge in [0, 0.05) is 17.5 Å². The molecule has 2 aromatic heterocycles. The fourth-order valence-electron chi connectivity index (χ4n) is 1.31. The predicted molar refractivity (Wildman–Crippen MR) is 52.2 cm³/mol. The van der Waals surface area contributed by atoms with Crippen molar-refractivity contribution in [3.8, 4) is 11.3 Å². The third-order valence-electron chi connectivity index (χ3n) is 2.00. The molecule has 0 N–H and O–H groups in total. The van der Waals surface area contributed by atoms with Gasteiger partial charge in [0.1, 0.15) is 0 Å². The first-order valence-corrected chi connectivity index (χ1v) is 4.32. The van der Waals surface area contributed by atoms with Crippen LogP contribution in [0, 0.1) is 12.9 Å².